The molecular formula is C9H16N4O2S2. The number of rotatable bonds is 5. The molecule has 0 aliphatic carbocycles. The molecule has 8 heteroatoms. The summed E-state index contributed by atoms with van der Waals surface area (Å²) >= 11 is 4.81. The Morgan fingerprint density at radius 2 is 2.18 bits per heavy atom. The van der Waals surface area contributed by atoms with Crippen molar-refractivity contribution < 1.29 is 8.42 Å². The minimum absolute atomic E-state index is 0.134. The molecule has 17 heavy (non-hydrogen) atoms. The average Bonchev–Trinajstić information content (AvgIpc) is 2.55. The fraction of sp³-hybridized carbons (Fsp3) is 0.556. The van der Waals surface area contributed by atoms with Crippen molar-refractivity contribution >= 4 is 27.2 Å². The van der Waals surface area contributed by atoms with Crippen LogP contribution >= 0.6 is 12.2 Å². The van der Waals surface area contributed by atoms with Crippen LogP contribution in [0.4, 0.5) is 0 Å². The van der Waals surface area contributed by atoms with Crippen LogP contribution in [0.15, 0.2) is 4.90 Å². The van der Waals surface area contributed by atoms with Gasteiger partial charge in [-0.1, -0.05) is 19.1 Å². The van der Waals surface area contributed by atoms with E-state index in [-0.39, 0.29) is 9.88 Å². The standard InChI is InChI=1S/C9H16N4O2S2/c1-4-7(9(10)16)13-17(14,15)8-5(2)11-12-6(8)3/h7,13H,4H2,1-3H3,(H2,10,16)(H,11,12). The molecule has 1 aromatic heterocycles. The predicted octanol–water partition coefficient (Wildman–Crippen LogP) is 0.370. The highest BCUT2D eigenvalue weighted by Crippen LogP contribution is 2.17. The molecule has 1 aromatic rings. The highest BCUT2D eigenvalue weighted by atomic mass is 32.2. The summed E-state index contributed by atoms with van der Waals surface area (Å²) in [5, 5.41) is 6.48. The normalized spacial score (nSPS) is 13.6. The van der Waals surface area contributed by atoms with Crippen LogP contribution < -0.4 is 10.5 Å². The Morgan fingerprint density at radius 3 is 2.53 bits per heavy atom. The SMILES string of the molecule is CCC(NS(=O)(=O)c1c(C)n[nH]c1C)C(N)=S. The summed E-state index contributed by atoms with van der Waals surface area (Å²) in [4.78, 5) is 0.294. The van der Waals surface area contributed by atoms with Gasteiger partial charge in [0.1, 0.15) is 4.90 Å². The van der Waals surface area contributed by atoms with Crippen LogP contribution in [0.25, 0.3) is 0 Å². The molecule has 96 valence electrons. The molecule has 1 heterocycles. The number of thiocarbonyl (C=S) groups is 1. The van der Waals surface area contributed by atoms with E-state index in [2.05, 4.69) is 14.9 Å². The van der Waals surface area contributed by atoms with Crippen molar-refractivity contribution in [1.29, 1.82) is 0 Å². The van der Waals surface area contributed by atoms with Crippen molar-refractivity contribution in [3.8, 4) is 0 Å². The summed E-state index contributed by atoms with van der Waals surface area (Å²) in [6.07, 6.45) is 0.504. The minimum Gasteiger partial charge on any atom is -0.392 e. The van der Waals surface area contributed by atoms with Crippen molar-refractivity contribution in [2.45, 2.75) is 38.1 Å². The molecule has 0 bridgehead atoms. The number of nitrogens with zero attached hydrogens (tertiary/aromatic N) is 1. The third-order valence-electron chi connectivity index (χ3n) is 2.38. The molecule has 4 N–H and O–H groups in total. The van der Waals surface area contributed by atoms with Crippen molar-refractivity contribution in [2.24, 2.45) is 5.73 Å². The second-order valence-electron chi connectivity index (χ2n) is 3.75. The Balaban J connectivity index is 3.09. The highest BCUT2D eigenvalue weighted by molar-refractivity contribution is 7.89. The number of aryl methyl sites for hydroxylation is 2. The molecule has 0 saturated heterocycles. The smallest absolute Gasteiger partial charge is 0.244 e. The van der Waals surface area contributed by atoms with Crippen LogP contribution in [-0.4, -0.2) is 29.6 Å². The quantitative estimate of drug-likeness (QED) is 0.675. The van der Waals surface area contributed by atoms with Gasteiger partial charge < -0.3 is 5.73 Å². The number of nitrogens with two attached hydrogens (primary N) is 1. The lowest BCUT2D eigenvalue weighted by Crippen LogP contribution is -2.43. The van der Waals surface area contributed by atoms with Gasteiger partial charge in [0.25, 0.3) is 0 Å². The first-order valence-electron chi connectivity index (χ1n) is 5.12. The number of nitrogens with one attached hydrogen (secondary N) is 2. The van der Waals surface area contributed by atoms with Gasteiger partial charge in [0.15, 0.2) is 0 Å². The number of hydrogen-bond donors (Lipinski definition) is 3. The van der Waals surface area contributed by atoms with Crippen molar-refractivity contribution in [3.63, 3.8) is 0 Å². The van der Waals surface area contributed by atoms with Crippen LogP contribution in [0.2, 0.25) is 0 Å². The van der Waals surface area contributed by atoms with Gasteiger partial charge in [0.05, 0.1) is 22.4 Å². The number of aromatic nitrogens is 2. The molecule has 6 nitrogen and oxygen atoms in total. The zero-order valence-corrected chi connectivity index (χ0v) is 11.6. The van der Waals surface area contributed by atoms with Gasteiger partial charge in [-0.05, 0) is 20.3 Å². The Bertz CT molecular complexity index is 502. The molecular weight excluding hydrogens is 260 g/mol. The number of hydrogen-bond acceptors (Lipinski definition) is 4. The van der Waals surface area contributed by atoms with Gasteiger partial charge >= 0.3 is 0 Å². The van der Waals surface area contributed by atoms with E-state index >= 15 is 0 Å². The second-order valence-corrected chi connectivity index (χ2v) is 5.87. The van der Waals surface area contributed by atoms with E-state index in [9.17, 15) is 8.42 Å². The highest BCUT2D eigenvalue weighted by Gasteiger charge is 2.25. The van der Waals surface area contributed by atoms with Crippen LogP contribution in [-0.2, 0) is 10.0 Å². The number of sulfonamides is 1. The van der Waals surface area contributed by atoms with Gasteiger partial charge in [-0.15, -0.1) is 0 Å². The third kappa shape index (κ3) is 3.02. The molecule has 1 rings (SSSR count). The van der Waals surface area contributed by atoms with E-state index < -0.39 is 16.1 Å². The van der Waals surface area contributed by atoms with E-state index in [4.69, 9.17) is 18.0 Å². The minimum atomic E-state index is -3.65. The predicted molar refractivity (Wildman–Crippen MR) is 69.2 cm³/mol. The molecule has 0 aliphatic rings. The number of aromatic amines is 1. The molecule has 0 fully saturated rings. The van der Waals surface area contributed by atoms with E-state index in [1.165, 1.54) is 0 Å². The van der Waals surface area contributed by atoms with Crippen molar-refractivity contribution in [3.05, 3.63) is 11.4 Å². The van der Waals surface area contributed by atoms with Gasteiger partial charge in [-0.25, -0.2) is 13.1 Å². The first-order chi connectivity index (χ1) is 7.79. The molecule has 0 spiro atoms. The fourth-order valence-electron chi connectivity index (χ4n) is 1.53. The van der Waals surface area contributed by atoms with Crippen LogP contribution in [0.1, 0.15) is 24.7 Å². The zero-order valence-electron chi connectivity index (χ0n) is 9.94. The molecule has 0 aromatic carbocycles. The molecule has 1 unspecified atom stereocenters. The molecule has 0 saturated carbocycles. The first kappa shape index (κ1) is 14.1. The Hall–Kier alpha value is -0.990. The molecule has 0 amide bonds. The van der Waals surface area contributed by atoms with Gasteiger partial charge in [-0.2, -0.15) is 5.10 Å². The summed E-state index contributed by atoms with van der Waals surface area (Å²) in [5.74, 6) is 0. The van der Waals surface area contributed by atoms with Crippen LogP contribution in [0.3, 0.4) is 0 Å². The first-order valence-corrected chi connectivity index (χ1v) is 7.02. The lowest BCUT2D eigenvalue weighted by Gasteiger charge is -2.15. The molecule has 1 atom stereocenters. The van der Waals surface area contributed by atoms with E-state index in [1.807, 2.05) is 0 Å². The lowest BCUT2D eigenvalue weighted by atomic mass is 10.2. The Morgan fingerprint density at radius 1 is 1.59 bits per heavy atom. The summed E-state index contributed by atoms with van der Waals surface area (Å²) in [7, 11) is -3.65. The largest absolute Gasteiger partial charge is 0.392 e. The fourth-order valence-corrected chi connectivity index (χ4v) is 3.49. The van der Waals surface area contributed by atoms with Gasteiger partial charge in [0, 0.05) is 0 Å². The third-order valence-corrected chi connectivity index (χ3v) is 4.40. The zero-order chi connectivity index (χ0) is 13.2. The van der Waals surface area contributed by atoms with Crippen LogP contribution in [0, 0.1) is 13.8 Å². The van der Waals surface area contributed by atoms with E-state index in [0.29, 0.717) is 17.8 Å². The number of H-pyrrole nitrogens is 1. The lowest BCUT2D eigenvalue weighted by molar-refractivity contribution is 0.571. The maximum absolute atomic E-state index is 12.1. The Kier molecular flexibility index (Phi) is 4.23. The van der Waals surface area contributed by atoms with Crippen molar-refractivity contribution in [2.75, 3.05) is 0 Å². The Labute approximate surface area is 106 Å². The van der Waals surface area contributed by atoms with E-state index in [0.717, 1.165) is 0 Å². The second kappa shape index (κ2) is 5.11. The molecule has 0 aliphatic heterocycles. The molecule has 0 radical (unpaired) electrons. The van der Waals surface area contributed by atoms with E-state index in [1.54, 1.807) is 20.8 Å². The van der Waals surface area contributed by atoms with Crippen molar-refractivity contribution in [1.82, 2.24) is 14.9 Å². The average molecular weight is 276 g/mol. The summed E-state index contributed by atoms with van der Waals surface area (Å²) in [6.45, 7) is 5.08. The van der Waals surface area contributed by atoms with Gasteiger partial charge in [-0.3, -0.25) is 5.10 Å². The maximum Gasteiger partial charge on any atom is 0.244 e. The summed E-state index contributed by atoms with van der Waals surface area (Å²) in [6, 6.07) is -0.538. The van der Waals surface area contributed by atoms with Crippen LogP contribution in [0.5, 0.6) is 0 Å². The summed E-state index contributed by atoms with van der Waals surface area (Å²) < 4.78 is 26.7. The maximum atomic E-state index is 12.1. The summed E-state index contributed by atoms with van der Waals surface area (Å²) in [5.41, 5.74) is 6.38. The topological polar surface area (TPSA) is 101 Å². The van der Waals surface area contributed by atoms with Gasteiger partial charge in [0.2, 0.25) is 10.0 Å². The monoisotopic (exact) mass is 276 g/mol.